The summed E-state index contributed by atoms with van der Waals surface area (Å²) in [5.41, 5.74) is 2.27. The number of aromatic nitrogens is 2. The van der Waals surface area contributed by atoms with Crippen molar-refractivity contribution >= 4 is 0 Å². The third kappa shape index (κ3) is 3.37. The highest BCUT2D eigenvalue weighted by Gasteiger charge is 2.26. The van der Waals surface area contributed by atoms with Crippen LogP contribution < -0.4 is 0 Å². The number of aryl methyl sites for hydroxylation is 2. The summed E-state index contributed by atoms with van der Waals surface area (Å²) in [6, 6.07) is 8.41. The fourth-order valence-corrected chi connectivity index (χ4v) is 3.55. The van der Waals surface area contributed by atoms with Gasteiger partial charge in [-0.25, -0.2) is 4.98 Å². The minimum absolute atomic E-state index is 0.396. The first-order valence-corrected chi connectivity index (χ1v) is 8.88. The number of rotatable bonds is 4. The molecule has 5 nitrogen and oxygen atoms in total. The third-order valence-electron chi connectivity index (χ3n) is 4.88. The number of hydrogen-bond acceptors (Lipinski definition) is 5. The van der Waals surface area contributed by atoms with Crippen LogP contribution in [-0.2, 0) is 6.54 Å². The second kappa shape index (κ2) is 6.84. The highest BCUT2D eigenvalue weighted by atomic mass is 16.4. The largest absolute Gasteiger partial charge is 0.456 e. The van der Waals surface area contributed by atoms with Crippen LogP contribution in [0.2, 0.25) is 0 Å². The normalized spacial score (nSPS) is 18.6. The van der Waals surface area contributed by atoms with Gasteiger partial charge in [0.05, 0.1) is 5.69 Å². The molecule has 1 saturated heterocycles. The zero-order valence-corrected chi connectivity index (χ0v) is 14.7. The van der Waals surface area contributed by atoms with Gasteiger partial charge in [0.1, 0.15) is 11.5 Å². The first-order chi connectivity index (χ1) is 12.2. The molecule has 0 radical (unpaired) electrons. The van der Waals surface area contributed by atoms with E-state index < -0.39 is 0 Å². The lowest BCUT2D eigenvalue weighted by Gasteiger charge is -2.35. The summed E-state index contributed by atoms with van der Waals surface area (Å²) in [4.78, 5) is 11.5. The van der Waals surface area contributed by atoms with Gasteiger partial charge in [0.2, 0.25) is 0 Å². The van der Waals surface area contributed by atoms with Gasteiger partial charge in [-0.05, 0) is 57.0 Å². The van der Waals surface area contributed by atoms with Crippen LogP contribution in [0.25, 0.3) is 11.7 Å². The number of furan rings is 1. The highest BCUT2D eigenvalue weighted by Crippen LogP contribution is 2.33. The standard InChI is InChI=1S/C20H23N3O2/c1-14-8-9-19(24-14)20-22-17(15(2)25-20)13-23-11-4-3-7-18(23)16-6-5-10-21-12-16/h5-6,8-10,12,18H,3-4,7,11,13H2,1-2H3/t18-/m1/s1. The molecule has 0 spiro atoms. The van der Waals surface area contributed by atoms with E-state index in [0.717, 1.165) is 36.7 Å². The maximum absolute atomic E-state index is 5.85. The van der Waals surface area contributed by atoms with Crippen molar-refractivity contribution in [2.24, 2.45) is 0 Å². The second-order valence-electron chi connectivity index (χ2n) is 6.70. The fourth-order valence-electron chi connectivity index (χ4n) is 3.55. The van der Waals surface area contributed by atoms with Gasteiger partial charge in [0.15, 0.2) is 5.76 Å². The molecule has 0 bridgehead atoms. The summed E-state index contributed by atoms with van der Waals surface area (Å²) in [7, 11) is 0. The molecule has 1 fully saturated rings. The van der Waals surface area contributed by atoms with E-state index in [1.165, 1.54) is 18.4 Å². The Kier molecular flexibility index (Phi) is 4.40. The number of oxazole rings is 1. The first kappa shape index (κ1) is 16.1. The number of hydrogen-bond donors (Lipinski definition) is 0. The lowest BCUT2D eigenvalue weighted by molar-refractivity contribution is 0.138. The molecule has 0 aromatic carbocycles. The van der Waals surface area contributed by atoms with Gasteiger partial charge in [-0.3, -0.25) is 9.88 Å². The van der Waals surface area contributed by atoms with Gasteiger partial charge < -0.3 is 8.83 Å². The van der Waals surface area contributed by atoms with Crippen LogP contribution in [0.5, 0.6) is 0 Å². The molecular weight excluding hydrogens is 314 g/mol. The van der Waals surface area contributed by atoms with Crippen LogP contribution in [0.1, 0.15) is 48.1 Å². The molecule has 3 aromatic rings. The molecule has 4 heterocycles. The summed E-state index contributed by atoms with van der Waals surface area (Å²) >= 11 is 0. The maximum atomic E-state index is 5.85. The molecule has 1 aliphatic heterocycles. The van der Waals surface area contributed by atoms with Crippen LogP contribution in [0.15, 0.2) is 45.5 Å². The number of nitrogens with zero attached hydrogens (tertiary/aromatic N) is 3. The summed E-state index contributed by atoms with van der Waals surface area (Å²) in [5.74, 6) is 2.98. The van der Waals surface area contributed by atoms with Gasteiger partial charge in [0.25, 0.3) is 5.89 Å². The van der Waals surface area contributed by atoms with Gasteiger partial charge in [-0.15, -0.1) is 0 Å². The third-order valence-corrected chi connectivity index (χ3v) is 4.88. The SMILES string of the molecule is Cc1ccc(-c2nc(CN3CCCC[C@@H]3c3cccnc3)c(C)o2)o1. The smallest absolute Gasteiger partial charge is 0.263 e. The van der Waals surface area contributed by atoms with Crippen LogP contribution in [0, 0.1) is 13.8 Å². The van der Waals surface area contributed by atoms with Crippen molar-refractivity contribution in [2.75, 3.05) is 6.54 Å². The molecule has 0 saturated carbocycles. The molecule has 1 aliphatic rings. The predicted octanol–water partition coefficient (Wildman–Crippen LogP) is 4.67. The summed E-state index contributed by atoms with van der Waals surface area (Å²) in [6.45, 7) is 5.76. The maximum Gasteiger partial charge on any atom is 0.263 e. The molecule has 0 N–H and O–H groups in total. The average molecular weight is 337 g/mol. The summed E-state index contributed by atoms with van der Waals surface area (Å²) < 4.78 is 11.5. The van der Waals surface area contributed by atoms with E-state index in [0.29, 0.717) is 17.7 Å². The Morgan fingerprint density at radius 3 is 2.84 bits per heavy atom. The van der Waals surface area contributed by atoms with Crippen molar-refractivity contribution in [1.82, 2.24) is 14.9 Å². The summed E-state index contributed by atoms with van der Waals surface area (Å²) in [5, 5.41) is 0. The van der Waals surface area contributed by atoms with Crippen molar-refractivity contribution in [2.45, 2.75) is 45.7 Å². The molecule has 0 aliphatic carbocycles. The minimum atomic E-state index is 0.396. The Morgan fingerprint density at radius 1 is 1.16 bits per heavy atom. The van der Waals surface area contributed by atoms with Crippen molar-refractivity contribution in [3.8, 4) is 11.7 Å². The average Bonchev–Trinajstić information content (AvgIpc) is 3.22. The highest BCUT2D eigenvalue weighted by molar-refractivity contribution is 5.45. The lowest BCUT2D eigenvalue weighted by atomic mass is 9.96. The Morgan fingerprint density at radius 2 is 2.08 bits per heavy atom. The van der Waals surface area contributed by atoms with Crippen LogP contribution in [0.3, 0.4) is 0 Å². The fraction of sp³-hybridized carbons (Fsp3) is 0.400. The van der Waals surface area contributed by atoms with Crippen molar-refractivity contribution in [1.29, 1.82) is 0 Å². The quantitative estimate of drug-likeness (QED) is 0.692. The Bertz CT molecular complexity index is 838. The second-order valence-corrected chi connectivity index (χ2v) is 6.70. The van der Waals surface area contributed by atoms with E-state index in [-0.39, 0.29) is 0 Å². The molecule has 0 amide bonds. The molecule has 1 atom stereocenters. The molecule has 5 heteroatoms. The zero-order chi connectivity index (χ0) is 17.2. The van der Waals surface area contributed by atoms with Gasteiger partial charge in [-0.1, -0.05) is 12.5 Å². The Labute approximate surface area is 147 Å². The Hall–Kier alpha value is -2.40. The molecule has 3 aromatic heterocycles. The van der Waals surface area contributed by atoms with Crippen molar-refractivity contribution in [3.63, 3.8) is 0 Å². The van der Waals surface area contributed by atoms with E-state index in [9.17, 15) is 0 Å². The number of likely N-dealkylation sites (tertiary alicyclic amines) is 1. The lowest BCUT2D eigenvalue weighted by Crippen LogP contribution is -2.33. The van der Waals surface area contributed by atoms with Gasteiger partial charge in [-0.2, -0.15) is 0 Å². The van der Waals surface area contributed by atoms with Crippen molar-refractivity contribution < 1.29 is 8.83 Å². The van der Waals surface area contributed by atoms with E-state index in [4.69, 9.17) is 13.8 Å². The monoisotopic (exact) mass is 337 g/mol. The molecule has 0 unspecified atom stereocenters. The van der Waals surface area contributed by atoms with E-state index in [1.807, 2.05) is 44.4 Å². The topological polar surface area (TPSA) is 55.3 Å². The van der Waals surface area contributed by atoms with Crippen LogP contribution in [0.4, 0.5) is 0 Å². The van der Waals surface area contributed by atoms with E-state index >= 15 is 0 Å². The van der Waals surface area contributed by atoms with Crippen LogP contribution in [-0.4, -0.2) is 21.4 Å². The number of pyridine rings is 1. The predicted molar refractivity (Wildman–Crippen MR) is 94.9 cm³/mol. The van der Waals surface area contributed by atoms with Crippen LogP contribution >= 0.6 is 0 Å². The summed E-state index contributed by atoms with van der Waals surface area (Å²) in [6.07, 6.45) is 7.45. The molecule has 25 heavy (non-hydrogen) atoms. The first-order valence-electron chi connectivity index (χ1n) is 8.88. The minimum Gasteiger partial charge on any atom is -0.456 e. The molecule has 4 rings (SSSR count). The molecular formula is C20H23N3O2. The van der Waals surface area contributed by atoms with Crippen molar-refractivity contribution in [3.05, 3.63) is 59.4 Å². The van der Waals surface area contributed by atoms with E-state index in [1.54, 1.807) is 0 Å². The molecule has 130 valence electrons. The van der Waals surface area contributed by atoms with Gasteiger partial charge >= 0.3 is 0 Å². The zero-order valence-electron chi connectivity index (χ0n) is 14.7. The number of piperidine rings is 1. The van der Waals surface area contributed by atoms with Gasteiger partial charge in [0, 0.05) is 25.0 Å². The Balaban J connectivity index is 1.57. The van der Waals surface area contributed by atoms with E-state index in [2.05, 4.69) is 16.0 Å².